The SMILES string of the molecule is CC(C)(Oc1ccc(F)cc1F)/C(=N\C#N)N[C@H]1C[C@@H]2CC[C@H]1C2. The second kappa shape index (κ2) is 6.39. The van der Waals surface area contributed by atoms with Crippen molar-refractivity contribution in [3.05, 3.63) is 29.8 Å². The summed E-state index contributed by atoms with van der Waals surface area (Å²) < 4.78 is 32.6. The summed E-state index contributed by atoms with van der Waals surface area (Å²) in [4.78, 5) is 3.88. The second-order valence-corrected chi connectivity index (χ2v) is 7.17. The van der Waals surface area contributed by atoms with Crippen LogP contribution in [0.1, 0.15) is 39.5 Å². The quantitative estimate of drug-likeness (QED) is 0.518. The Balaban J connectivity index is 1.76. The van der Waals surface area contributed by atoms with Gasteiger partial charge in [0.2, 0.25) is 6.19 Å². The fourth-order valence-electron chi connectivity index (χ4n) is 3.87. The number of rotatable bonds is 4. The molecule has 2 saturated carbocycles. The third kappa shape index (κ3) is 3.35. The van der Waals surface area contributed by atoms with Crippen LogP contribution in [0.15, 0.2) is 23.2 Å². The largest absolute Gasteiger partial charge is 0.477 e. The third-order valence-corrected chi connectivity index (χ3v) is 5.05. The smallest absolute Gasteiger partial charge is 0.207 e. The number of fused-ring (bicyclic) bond motifs is 2. The summed E-state index contributed by atoms with van der Waals surface area (Å²) in [7, 11) is 0. The number of benzene rings is 1. The minimum absolute atomic E-state index is 0.0678. The van der Waals surface area contributed by atoms with Crippen LogP contribution in [0.3, 0.4) is 0 Å². The molecular formula is C18H21F2N3O. The Morgan fingerprint density at radius 3 is 2.71 bits per heavy atom. The molecule has 0 aliphatic heterocycles. The van der Waals surface area contributed by atoms with Gasteiger partial charge in [-0.05, 0) is 57.1 Å². The number of nitriles is 1. The lowest BCUT2D eigenvalue weighted by Gasteiger charge is -2.32. The van der Waals surface area contributed by atoms with Crippen LogP contribution in [-0.4, -0.2) is 17.5 Å². The van der Waals surface area contributed by atoms with E-state index in [9.17, 15) is 8.78 Å². The zero-order valence-corrected chi connectivity index (χ0v) is 13.9. The molecule has 24 heavy (non-hydrogen) atoms. The monoisotopic (exact) mass is 333 g/mol. The number of ether oxygens (including phenoxy) is 1. The minimum Gasteiger partial charge on any atom is -0.477 e. The molecule has 2 aliphatic carbocycles. The Morgan fingerprint density at radius 1 is 1.33 bits per heavy atom. The Kier molecular flexibility index (Phi) is 4.44. The molecule has 128 valence electrons. The van der Waals surface area contributed by atoms with Crippen LogP contribution in [0.2, 0.25) is 0 Å². The highest BCUT2D eigenvalue weighted by molar-refractivity contribution is 5.91. The number of hydrogen-bond donors (Lipinski definition) is 1. The van der Waals surface area contributed by atoms with Crippen LogP contribution in [0.4, 0.5) is 8.78 Å². The Labute approximate surface area is 140 Å². The van der Waals surface area contributed by atoms with Gasteiger partial charge in [-0.1, -0.05) is 6.42 Å². The lowest BCUT2D eigenvalue weighted by molar-refractivity contribution is 0.167. The van der Waals surface area contributed by atoms with Crippen molar-refractivity contribution in [2.24, 2.45) is 16.8 Å². The first kappa shape index (κ1) is 16.7. The molecule has 0 spiro atoms. The normalized spacial score (nSPS) is 26.3. The fraction of sp³-hybridized carbons (Fsp3) is 0.556. The number of nitrogens with one attached hydrogen (secondary N) is 1. The van der Waals surface area contributed by atoms with E-state index in [2.05, 4.69) is 10.3 Å². The Morgan fingerprint density at radius 2 is 2.12 bits per heavy atom. The zero-order valence-electron chi connectivity index (χ0n) is 13.9. The summed E-state index contributed by atoms with van der Waals surface area (Å²) in [6.45, 7) is 3.43. The van der Waals surface area contributed by atoms with Crippen molar-refractivity contribution in [1.82, 2.24) is 5.32 Å². The summed E-state index contributed by atoms with van der Waals surface area (Å²) in [6.07, 6.45) is 6.54. The molecule has 0 heterocycles. The predicted molar refractivity (Wildman–Crippen MR) is 86.5 cm³/mol. The van der Waals surface area contributed by atoms with Gasteiger partial charge in [0.05, 0.1) is 0 Å². The lowest BCUT2D eigenvalue weighted by Crippen LogP contribution is -2.51. The zero-order chi connectivity index (χ0) is 17.3. The first-order valence-electron chi connectivity index (χ1n) is 8.27. The molecule has 4 nitrogen and oxygen atoms in total. The molecule has 2 aliphatic rings. The molecule has 1 N–H and O–H groups in total. The molecule has 6 heteroatoms. The standard InChI is InChI=1S/C18H21F2N3O/c1-18(2,24-16-6-5-13(19)9-14(16)20)17(22-10-21)23-15-8-11-3-4-12(15)7-11/h5-6,9,11-12,15H,3-4,7-8H2,1-2H3,(H,22,23)/t11-,12+,15+/m1/s1. The van der Waals surface area contributed by atoms with Gasteiger partial charge in [0.15, 0.2) is 23.0 Å². The molecule has 0 saturated heterocycles. The van der Waals surface area contributed by atoms with Crippen molar-refractivity contribution in [3.8, 4) is 11.9 Å². The molecule has 2 bridgehead atoms. The number of aliphatic imine (C=N–C) groups is 1. The van der Waals surface area contributed by atoms with Crippen LogP contribution in [0, 0.1) is 34.9 Å². The van der Waals surface area contributed by atoms with Crippen LogP contribution in [0.25, 0.3) is 0 Å². The first-order valence-corrected chi connectivity index (χ1v) is 8.27. The van der Waals surface area contributed by atoms with Gasteiger partial charge in [-0.25, -0.2) is 8.78 Å². The maximum absolute atomic E-state index is 13.9. The lowest BCUT2D eigenvalue weighted by atomic mass is 9.94. The Hall–Kier alpha value is -2.16. The molecule has 1 aromatic carbocycles. The van der Waals surface area contributed by atoms with E-state index in [0.29, 0.717) is 11.8 Å². The van der Waals surface area contributed by atoms with E-state index in [1.807, 2.05) is 0 Å². The van der Waals surface area contributed by atoms with Gasteiger partial charge in [0.25, 0.3) is 0 Å². The maximum Gasteiger partial charge on any atom is 0.207 e. The van der Waals surface area contributed by atoms with Crippen molar-refractivity contribution in [1.29, 1.82) is 5.26 Å². The molecule has 1 aromatic rings. The fourth-order valence-corrected chi connectivity index (χ4v) is 3.87. The van der Waals surface area contributed by atoms with Crippen molar-refractivity contribution < 1.29 is 13.5 Å². The van der Waals surface area contributed by atoms with Crippen molar-refractivity contribution >= 4 is 5.84 Å². The average Bonchev–Trinajstić information content (AvgIpc) is 3.12. The van der Waals surface area contributed by atoms with E-state index in [1.165, 1.54) is 25.3 Å². The van der Waals surface area contributed by atoms with Crippen molar-refractivity contribution in [2.75, 3.05) is 0 Å². The van der Waals surface area contributed by atoms with Gasteiger partial charge in [-0.2, -0.15) is 10.3 Å². The van der Waals surface area contributed by atoms with Gasteiger partial charge in [-0.15, -0.1) is 0 Å². The molecule has 0 radical (unpaired) electrons. The number of nitrogens with zero attached hydrogens (tertiary/aromatic N) is 2. The van der Waals surface area contributed by atoms with Gasteiger partial charge in [0.1, 0.15) is 5.82 Å². The highest BCUT2D eigenvalue weighted by Crippen LogP contribution is 2.44. The minimum atomic E-state index is -1.03. The molecule has 2 fully saturated rings. The van der Waals surface area contributed by atoms with Crippen molar-refractivity contribution in [2.45, 2.75) is 51.2 Å². The molecule has 0 aromatic heterocycles. The summed E-state index contributed by atoms with van der Waals surface area (Å²) in [5.74, 6) is 0.211. The summed E-state index contributed by atoms with van der Waals surface area (Å²) in [6, 6.07) is 3.43. The second-order valence-electron chi connectivity index (χ2n) is 7.17. The van der Waals surface area contributed by atoms with E-state index in [4.69, 9.17) is 10.00 Å². The highest BCUT2D eigenvalue weighted by Gasteiger charge is 2.41. The van der Waals surface area contributed by atoms with Gasteiger partial charge < -0.3 is 10.1 Å². The Bertz CT molecular complexity index is 696. The highest BCUT2D eigenvalue weighted by atomic mass is 19.1. The van der Waals surface area contributed by atoms with Crippen molar-refractivity contribution in [3.63, 3.8) is 0 Å². The summed E-state index contributed by atoms with van der Waals surface area (Å²) in [5.41, 5.74) is -1.03. The van der Waals surface area contributed by atoms with Crippen LogP contribution in [-0.2, 0) is 0 Å². The van der Waals surface area contributed by atoms with Crippen LogP contribution in [0.5, 0.6) is 5.75 Å². The topological polar surface area (TPSA) is 57.4 Å². The van der Waals surface area contributed by atoms with Gasteiger partial charge in [0, 0.05) is 12.1 Å². The van der Waals surface area contributed by atoms with Gasteiger partial charge >= 0.3 is 0 Å². The molecule has 0 unspecified atom stereocenters. The van der Waals surface area contributed by atoms with Gasteiger partial charge in [-0.3, -0.25) is 0 Å². The molecule has 0 amide bonds. The molecule has 3 rings (SSSR count). The maximum atomic E-state index is 13.9. The number of amidine groups is 1. The average molecular weight is 333 g/mol. The molecular weight excluding hydrogens is 312 g/mol. The van der Waals surface area contributed by atoms with E-state index in [0.717, 1.165) is 24.5 Å². The van der Waals surface area contributed by atoms with E-state index < -0.39 is 17.2 Å². The number of hydrogen-bond acceptors (Lipinski definition) is 3. The van der Waals surface area contributed by atoms with Crippen LogP contribution >= 0.6 is 0 Å². The van der Waals surface area contributed by atoms with E-state index >= 15 is 0 Å². The number of halogens is 2. The van der Waals surface area contributed by atoms with Crippen LogP contribution < -0.4 is 10.1 Å². The molecule has 3 atom stereocenters. The third-order valence-electron chi connectivity index (χ3n) is 5.05. The first-order chi connectivity index (χ1) is 11.4. The van der Waals surface area contributed by atoms with E-state index in [1.54, 1.807) is 20.0 Å². The van der Waals surface area contributed by atoms with E-state index in [-0.39, 0.29) is 11.8 Å². The summed E-state index contributed by atoms with van der Waals surface area (Å²) in [5, 5.41) is 12.4. The predicted octanol–water partition coefficient (Wildman–Crippen LogP) is 3.78. The summed E-state index contributed by atoms with van der Waals surface area (Å²) >= 11 is 0.